The molecule has 2 N–H and O–H groups in total. The van der Waals surface area contributed by atoms with Crippen LogP contribution in [0.15, 0.2) is 24.7 Å². The fourth-order valence-corrected chi connectivity index (χ4v) is 1.40. The summed E-state index contributed by atoms with van der Waals surface area (Å²) in [6, 6.07) is 1.89. The van der Waals surface area contributed by atoms with E-state index in [0.29, 0.717) is 12.3 Å². The Labute approximate surface area is 100 Å². The quantitative estimate of drug-likeness (QED) is 0.874. The van der Waals surface area contributed by atoms with Gasteiger partial charge in [-0.25, -0.2) is 9.67 Å². The number of nitrogens with zero attached hydrogens (tertiary/aromatic N) is 3. The van der Waals surface area contributed by atoms with Crippen LogP contribution >= 0.6 is 0 Å². The highest BCUT2D eigenvalue weighted by Crippen LogP contribution is 2.15. The zero-order valence-corrected chi connectivity index (χ0v) is 10.1. The van der Waals surface area contributed by atoms with Gasteiger partial charge >= 0.3 is 0 Å². The Bertz CT molecular complexity index is 507. The maximum atomic E-state index is 5.72. The molecule has 0 saturated carbocycles. The molecule has 2 rings (SSSR count). The molecule has 0 amide bonds. The number of hydrogen-bond acceptors (Lipinski definition) is 4. The first-order valence-electron chi connectivity index (χ1n) is 5.60. The van der Waals surface area contributed by atoms with Crippen molar-refractivity contribution in [3.63, 3.8) is 0 Å². The minimum atomic E-state index is 0.684. The second-order valence-corrected chi connectivity index (χ2v) is 3.87. The Kier molecular flexibility index (Phi) is 3.27. The molecule has 0 atom stereocenters. The van der Waals surface area contributed by atoms with Crippen LogP contribution in [0.4, 0.5) is 5.69 Å². The summed E-state index contributed by atoms with van der Waals surface area (Å²) >= 11 is 0. The van der Waals surface area contributed by atoms with Crippen LogP contribution in [0, 0.1) is 6.92 Å². The zero-order valence-electron chi connectivity index (χ0n) is 10.1. The van der Waals surface area contributed by atoms with Crippen LogP contribution in [0.5, 0.6) is 5.75 Å². The molecule has 0 unspecified atom stereocenters. The number of ether oxygens (including phenoxy) is 1. The van der Waals surface area contributed by atoms with Gasteiger partial charge in [0.1, 0.15) is 0 Å². The molecular weight excluding hydrogens is 216 g/mol. The van der Waals surface area contributed by atoms with Crippen molar-refractivity contribution in [3.05, 3.63) is 30.2 Å². The fraction of sp³-hybridized carbons (Fsp3) is 0.333. The standard InChI is InChI=1S/C12H16N4O/c1-3-4-17-10-6-15-16(8-10)12-5-9(2)11(13)7-14-12/h5-8H,3-4,13H2,1-2H3. The van der Waals surface area contributed by atoms with E-state index in [0.717, 1.165) is 23.6 Å². The number of aromatic nitrogens is 3. The highest BCUT2D eigenvalue weighted by Gasteiger charge is 2.04. The average Bonchev–Trinajstić information content (AvgIpc) is 2.79. The second kappa shape index (κ2) is 4.86. The summed E-state index contributed by atoms with van der Waals surface area (Å²) < 4.78 is 7.15. The fourth-order valence-electron chi connectivity index (χ4n) is 1.40. The molecule has 0 aliphatic heterocycles. The van der Waals surface area contributed by atoms with Gasteiger partial charge in [-0.05, 0) is 25.0 Å². The van der Waals surface area contributed by atoms with Gasteiger partial charge < -0.3 is 10.5 Å². The van der Waals surface area contributed by atoms with E-state index >= 15 is 0 Å². The molecule has 0 aliphatic rings. The van der Waals surface area contributed by atoms with E-state index in [9.17, 15) is 0 Å². The number of aryl methyl sites for hydroxylation is 1. The van der Waals surface area contributed by atoms with Crippen molar-refractivity contribution in [2.45, 2.75) is 20.3 Å². The van der Waals surface area contributed by atoms with E-state index in [-0.39, 0.29) is 0 Å². The van der Waals surface area contributed by atoms with Crippen LogP contribution in [0.3, 0.4) is 0 Å². The van der Waals surface area contributed by atoms with Crippen molar-refractivity contribution in [1.29, 1.82) is 0 Å². The van der Waals surface area contributed by atoms with Crippen LogP contribution in [0.1, 0.15) is 18.9 Å². The van der Waals surface area contributed by atoms with Gasteiger partial charge in [0.05, 0.1) is 30.9 Å². The van der Waals surface area contributed by atoms with Crippen molar-refractivity contribution in [3.8, 4) is 11.6 Å². The van der Waals surface area contributed by atoms with Gasteiger partial charge in [0.25, 0.3) is 0 Å². The lowest BCUT2D eigenvalue weighted by Crippen LogP contribution is -2.00. The molecule has 2 aromatic rings. The Morgan fingerprint density at radius 1 is 1.41 bits per heavy atom. The normalized spacial score (nSPS) is 10.5. The third-order valence-electron chi connectivity index (χ3n) is 2.40. The first kappa shape index (κ1) is 11.4. The van der Waals surface area contributed by atoms with Crippen molar-refractivity contribution in [1.82, 2.24) is 14.8 Å². The zero-order chi connectivity index (χ0) is 12.3. The summed E-state index contributed by atoms with van der Waals surface area (Å²) in [6.07, 6.45) is 6.11. The monoisotopic (exact) mass is 232 g/mol. The van der Waals surface area contributed by atoms with Crippen molar-refractivity contribution in [2.75, 3.05) is 12.3 Å². The average molecular weight is 232 g/mol. The van der Waals surface area contributed by atoms with Gasteiger partial charge in [-0.3, -0.25) is 0 Å². The molecule has 5 heteroatoms. The van der Waals surface area contributed by atoms with E-state index in [1.807, 2.05) is 19.2 Å². The molecule has 2 heterocycles. The van der Waals surface area contributed by atoms with Gasteiger partial charge in [-0.15, -0.1) is 0 Å². The Balaban J connectivity index is 2.21. The predicted molar refractivity (Wildman–Crippen MR) is 66.3 cm³/mol. The lowest BCUT2D eigenvalue weighted by atomic mass is 10.2. The van der Waals surface area contributed by atoms with Crippen LogP contribution < -0.4 is 10.5 Å². The summed E-state index contributed by atoms with van der Waals surface area (Å²) in [5.41, 5.74) is 7.39. The van der Waals surface area contributed by atoms with Gasteiger partial charge in [0.2, 0.25) is 0 Å². The third-order valence-corrected chi connectivity index (χ3v) is 2.40. The molecule has 5 nitrogen and oxygen atoms in total. The number of anilines is 1. The van der Waals surface area contributed by atoms with Crippen molar-refractivity contribution < 1.29 is 4.74 Å². The van der Waals surface area contributed by atoms with E-state index in [1.165, 1.54) is 0 Å². The number of rotatable bonds is 4. The van der Waals surface area contributed by atoms with Gasteiger partial charge in [0.15, 0.2) is 11.6 Å². The van der Waals surface area contributed by atoms with E-state index < -0.39 is 0 Å². The molecule has 0 spiro atoms. The molecule has 17 heavy (non-hydrogen) atoms. The molecule has 2 aromatic heterocycles. The van der Waals surface area contributed by atoms with Gasteiger partial charge in [-0.2, -0.15) is 5.10 Å². The number of pyridine rings is 1. The highest BCUT2D eigenvalue weighted by atomic mass is 16.5. The lowest BCUT2D eigenvalue weighted by molar-refractivity contribution is 0.317. The third kappa shape index (κ3) is 2.55. The first-order valence-corrected chi connectivity index (χ1v) is 5.60. The van der Waals surface area contributed by atoms with Gasteiger partial charge in [-0.1, -0.05) is 6.92 Å². The predicted octanol–water partition coefficient (Wildman–Crippen LogP) is 1.95. The Morgan fingerprint density at radius 2 is 2.24 bits per heavy atom. The summed E-state index contributed by atoms with van der Waals surface area (Å²) in [4.78, 5) is 4.22. The smallest absolute Gasteiger partial charge is 0.157 e. The second-order valence-electron chi connectivity index (χ2n) is 3.87. The molecule has 0 radical (unpaired) electrons. The molecule has 0 saturated heterocycles. The van der Waals surface area contributed by atoms with Crippen LogP contribution in [-0.4, -0.2) is 21.4 Å². The van der Waals surface area contributed by atoms with E-state index in [2.05, 4.69) is 17.0 Å². The summed E-state index contributed by atoms with van der Waals surface area (Å²) in [5, 5.41) is 4.20. The van der Waals surface area contributed by atoms with E-state index in [1.54, 1.807) is 17.1 Å². The number of nitrogens with two attached hydrogens (primary N) is 1. The van der Waals surface area contributed by atoms with Crippen LogP contribution in [0.25, 0.3) is 5.82 Å². The lowest BCUT2D eigenvalue weighted by Gasteiger charge is -2.03. The van der Waals surface area contributed by atoms with Crippen LogP contribution in [-0.2, 0) is 0 Å². The van der Waals surface area contributed by atoms with Crippen LogP contribution in [0.2, 0.25) is 0 Å². The summed E-state index contributed by atoms with van der Waals surface area (Å²) in [6.45, 7) is 4.70. The number of hydrogen-bond donors (Lipinski definition) is 1. The molecule has 90 valence electrons. The molecule has 0 aromatic carbocycles. The Hall–Kier alpha value is -2.04. The summed E-state index contributed by atoms with van der Waals surface area (Å²) in [7, 11) is 0. The number of nitrogen functional groups attached to an aromatic ring is 1. The minimum Gasteiger partial charge on any atom is -0.490 e. The van der Waals surface area contributed by atoms with Crippen molar-refractivity contribution in [2.24, 2.45) is 0 Å². The summed E-state index contributed by atoms with van der Waals surface area (Å²) in [5.74, 6) is 1.49. The molecule has 0 aliphatic carbocycles. The maximum Gasteiger partial charge on any atom is 0.157 e. The first-order chi connectivity index (χ1) is 8.20. The minimum absolute atomic E-state index is 0.684. The highest BCUT2D eigenvalue weighted by molar-refractivity contribution is 5.47. The Morgan fingerprint density at radius 3 is 2.94 bits per heavy atom. The maximum absolute atomic E-state index is 5.72. The largest absolute Gasteiger partial charge is 0.490 e. The topological polar surface area (TPSA) is 66.0 Å². The molecule has 0 bridgehead atoms. The van der Waals surface area contributed by atoms with Crippen molar-refractivity contribution >= 4 is 5.69 Å². The van der Waals surface area contributed by atoms with Gasteiger partial charge in [0, 0.05) is 0 Å². The van der Waals surface area contributed by atoms with E-state index in [4.69, 9.17) is 10.5 Å². The SMILES string of the molecule is CCCOc1cnn(-c2cc(C)c(N)cn2)c1. The molecular formula is C12H16N4O. The molecule has 0 fully saturated rings.